The molecule has 4 rings (SSSR count). The van der Waals surface area contributed by atoms with E-state index in [1.165, 1.54) is 21.8 Å². The van der Waals surface area contributed by atoms with Crippen molar-refractivity contribution in [1.29, 1.82) is 0 Å². The number of rotatable bonds is 2. The van der Waals surface area contributed by atoms with Crippen LogP contribution in [0.1, 0.15) is 5.69 Å². The van der Waals surface area contributed by atoms with Gasteiger partial charge in [0.05, 0.1) is 12.2 Å². The molecule has 108 valence electrons. The summed E-state index contributed by atoms with van der Waals surface area (Å²) in [5.74, 6) is 0. The lowest BCUT2D eigenvalue weighted by Crippen LogP contribution is -2.22. The summed E-state index contributed by atoms with van der Waals surface area (Å²) in [6.45, 7) is 0.285. The van der Waals surface area contributed by atoms with Crippen molar-refractivity contribution in [3.8, 4) is 0 Å². The number of thiazole rings is 1. The summed E-state index contributed by atoms with van der Waals surface area (Å²) < 4.78 is 3.07. The Hall–Kier alpha value is -2.73. The molecule has 1 aromatic carbocycles. The van der Waals surface area contributed by atoms with Gasteiger partial charge in [0, 0.05) is 29.2 Å². The number of hydrogen-bond acceptors (Lipinski definition) is 4. The third kappa shape index (κ3) is 2.05. The molecular weight excluding hydrogens is 298 g/mol. The third-order valence-electron chi connectivity index (χ3n) is 3.57. The van der Waals surface area contributed by atoms with Crippen LogP contribution in [0.25, 0.3) is 15.7 Å². The first-order chi connectivity index (χ1) is 10.7. The van der Waals surface area contributed by atoms with Crippen molar-refractivity contribution in [2.45, 2.75) is 6.54 Å². The van der Waals surface area contributed by atoms with Gasteiger partial charge in [-0.3, -0.25) is 14.0 Å². The van der Waals surface area contributed by atoms with E-state index in [1.54, 1.807) is 23.0 Å². The molecule has 5 nitrogen and oxygen atoms in total. The van der Waals surface area contributed by atoms with Crippen LogP contribution in [0.2, 0.25) is 0 Å². The maximum absolute atomic E-state index is 12.5. The number of benzene rings is 1. The van der Waals surface area contributed by atoms with Crippen LogP contribution in [0.5, 0.6) is 0 Å². The topological polar surface area (TPSA) is 56.4 Å². The fraction of sp³-hybridized carbons (Fsp3) is 0.0625. The van der Waals surface area contributed by atoms with Gasteiger partial charge in [-0.1, -0.05) is 18.2 Å². The standard InChI is InChI=1S/C16H11N3O2S/c20-14-9-12(17-16-19(14)7-8-22-16)10-18-6-5-11-3-1-2-4-13(11)15(18)21/h1-9H,10H2. The normalized spacial score (nSPS) is 11.3. The molecule has 0 aliphatic heterocycles. The zero-order valence-corrected chi connectivity index (χ0v) is 12.3. The second kappa shape index (κ2) is 4.92. The molecule has 22 heavy (non-hydrogen) atoms. The minimum absolute atomic E-state index is 0.0775. The molecule has 0 N–H and O–H groups in total. The van der Waals surface area contributed by atoms with E-state index < -0.39 is 0 Å². The van der Waals surface area contributed by atoms with Gasteiger partial charge in [0.2, 0.25) is 0 Å². The van der Waals surface area contributed by atoms with Crippen LogP contribution in [0.4, 0.5) is 0 Å². The molecule has 3 heterocycles. The number of pyridine rings is 1. The lowest BCUT2D eigenvalue weighted by molar-refractivity contribution is 0.745. The molecule has 6 heteroatoms. The van der Waals surface area contributed by atoms with Gasteiger partial charge >= 0.3 is 0 Å². The van der Waals surface area contributed by atoms with Crippen molar-refractivity contribution in [2.24, 2.45) is 0 Å². The van der Waals surface area contributed by atoms with Crippen molar-refractivity contribution in [2.75, 3.05) is 0 Å². The zero-order chi connectivity index (χ0) is 15.1. The fourth-order valence-electron chi connectivity index (χ4n) is 2.50. The minimum atomic E-state index is -0.130. The summed E-state index contributed by atoms with van der Waals surface area (Å²) in [5.41, 5.74) is 0.381. The molecule has 0 unspecified atom stereocenters. The Morgan fingerprint density at radius 3 is 2.86 bits per heavy atom. The van der Waals surface area contributed by atoms with E-state index in [2.05, 4.69) is 4.98 Å². The van der Waals surface area contributed by atoms with E-state index in [0.717, 1.165) is 5.39 Å². The molecule has 3 aromatic heterocycles. The van der Waals surface area contributed by atoms with Gasteiger partial charge < -0.3 is 4.57 Å². The quantitative estimate of drug-likeness (QED) is 0.570. The molecule has 0 radical (unpaired) electrons. The molecular formula is C16H11N3O2S. The van der Waals surface area contributed by atoms with Crippen molar-refractivity contribution >= 4 is 27.1 Å². The van der Waals surface area contributed by atoms with Crippen LogP contribution in [0.15, 0.2) is 63.8 Å². The molecule has 0 fully saturated rings. The monoisotopic (exact) mass is 309 g/mol. The zero-order valence-electron chi connectivity index (χ0n) is 11.5. The molecule has 0 bridgehead atoms. The van der Waals surface area contributed by atoms with Gasteiger partial charge in [0.1, 0.15) is 0 Å². The van der Waals surface area contributed by atoms with Crippen molar-refractivity contribution < 1.29 is 0 Å². The second-order valence-electron chi connectivity index (χ2n) is 4.98. The van der Waals surface area contributed by atoms with Gasteiger partial charge in [-0.2, -0.15) is 0 Å². The molecule has 4 aromatic rings. The van der Waals surface area contributed by atoms with Gasteiger partial charge in [0.15, 0.2) is 4.96 Å². The first-order valence-corrected chi connectivity index (χ1v) is 7.64. The van der Waals surface area contributed by atoms with E-state index in [4.69, 9.17) is 0 Å². The highest BCUT2D eigenvalue weighted by Crippen LogP contribution is 2.10. The highest BCUT2D eigenvalue weighted by Gasteiger charge is 2.07. The molecule has 0 spiro atoms. The smallest absolute Gasteiger partial charge is 0.258 e. The summed E-state index contributed by atoms with van der Waals surface area (Å²) in [4.78, 5) is 29.5. The summed E-state index contributed by atoms with van der Waals surface area (Å²) in [6.07, 6.45) is 3.43. The summed E-state index contributed by atoms with van der Waals surface area (Å²) in [7, 11) is 0. The first-order valence-electron chi connectivity index (χ1n) is 6.76. The van der Waals surface area contributed by atoms with Gasteiger partial charge in [-0.25, -0.2) is 4.98 Å². The first kappa shape index (κ1) is 13.0. The van der Waals surface area contributed by atoms with Crippen LogP contribution in [0.3, 0.4) is 0 Å². The highest BCUT2D eigenvalue weighted by atomic mass is 32.1. The predicted octanol–water partition coefficient (Wildman–Crippen LogP) is 2.12. The Kier molecular flexibility index (Phi) is 2.90. The molecule has 0 saturated carbocycles. The molecule has 0 aliphatic rings. The largest absolute Gasteiger partial charge is 0.309 e. The summed E-state index contributed by atoms with van der Waals surface area (Å²) in [6, 6.07) is 10.8. The Balaban J connectivity index is 1.84. The number of hydrogen-bond donors (Lipinski definition) is 0. The Morgan fingerprint density at radius 1 is 1.09 bits per heavy atom. The van der Waals surface area contributed by atoms with Crippen LogP contribution < -0.4 is 11.1 Å². The average molecular weight is 309 g/mol. The number of fused-ring (bicyclic) bond motifs is 2. The predicted molar refractivity (Wildman–Crippen MR) is 86.6 cm³/mol. The minimum Gasteiger partial charge on any atom is -0.309 e. The van der Waals surface area contributed by atoms with Crippen molar-refractivity contribution in [3.05, 3.63) is 80.6 Å². The Labute approximate surface area is 128 Å². The Bertz CT molecular complexity index is 1110. The molecule has 0 amide bonds. The van der Waals surface area contributed by atoms with Gasteiger partial charge in [0.25, 0.3) is 11.1 Å². The third-order valence-corrected chi connectivity index (χ3v) is 4.33. The molecule has 0 saturated heterocycles. The SMILES string of the molecule is O=c1c2ccccc2ccn1Cc1cc(=O)n2ccsc2n1. The summed E-state index contributed by atoms with van der Waals surface area (Å²) in [5, 5.41) is 3.39. The van der Waals surface area contributed by atoms with Gasteiger partial charge in [-0.15, -0.1) is 11.3 Å². The van der Waals surface area contributed by atoms with Crippen LogP contribution >= 0.6 is 11.3 Å². The Morgan fingerprint density at radius 2 is 1.95 bits per heavy atom. The fourth-order valence-corrected chi connectivity index (χ4v) is 3.24. The van der Waals surface area contributed by atoms with E-state index in [1.807, 2.05) is 29.6 Å². The summed E-state index contributed by atoms with van der Waals surface area (Å²) >= 11 is 1.40. The molecule has 0 aliphatic carbocycles. The number of nitrogens with zero attached hydrogens (tertiary/aromatic N) is 3. The molecule has 0 atom stereocenters. The van der Waals surface area contributed by atoms with Crippen molar-refractivity contribution in [1.82, 2.24) is 14.0 Å². The van der Waals surface area contributed by atoms with Crippen LogP contribution in [-0.2, 0) is 6.54 Å². The second-order valence-corrected chi connectivity index (χ2v) is 5.85. The lowest BCUT2D eigenvalue weighted by atomic mass is 10.2. The van der Waals surface area contributed by atoms with Crippen LogP contribution in [-0.4, -0.2) is 14.0 Å². The van der Waals surface area contributed by atoms with E-state index in [0.29, 0.717) is 16.0 Å². The van der Waals surface area contributed by atoms with Crippen LogP contribution in [0, 0.1) is 0 Å². The maximum atomic E-state index is 12.5. The number of aromatic nitrogens is 3. The van der Waals surface area contributed by atoms with Crippen molar-refractivity contribution in [3.63, 3.8) is 0 Å². The maximum Gasteiger partial charge on any atom is 0.258 e. The average Bonchev–Trinajstić information content (AvgIpc) is 2.99. The van der Waals surface area contributed by atoms with Gasteiger partial charge in [-0.05, 0) is 17.5 Å². The van der Waals surface area contributed by atoms with E-state index in [9.17, 15) is 9.59 Å². The van der Waals surface area contributed by atoms with E-state index >= 15 is 0 Å². The highest BCUT2D eigenvalue weighted by molar-refractivity contribution is 7.15. The van der Waals surface area contributed by atoms with E-state index in [-0.39, 0.29) is 17.7 Å². The lowest BCUT2D eigenvalue weighted by Gasteiger charge is -2.07.